The third kappa shape index (κ3) is 7.25. The second kappa shape index (κ2) is 13.9. The lowest BCUT2D eigenvalue weighted by Gasteiger charge is -2.25. The molecule has 11 nitrogen and oxygen atoms in total. The minimum Gasteiger partial charge on any atom is -0.422 e. The van der Waals surface area contributed by atoms with Crippen LogP contribution in [0.4, 0.5) is 5.82 Å². The van der Waals surface area contributed by atoms with Crippen molar-refractivity contribution in [1.82, 2.24) is 30.6 Å². The monoisotopic (exact) mass is 577 g/mol. The van der Waals surface area contributed by atoms with Crippen molar-refractivity contribution in [2.75, 3.05) is 11.4 Å². The van der Waals surface area contributed by atoms with Gasteiger partial charge in [-0.2, -0.15) is 0 Å². The molecule has 3 aromatic carbocycles. The minimum absolute atomic E-state index is 0.187. The molecule has 0 amide bonds. The molecule has 43 heavy (non-hydrogen) atoms. The van der Waals surface area contributed by atoms with Crippen molar-refractivity contribution in [3.8, 4) is 22.5 Å². The number of carbonyl (C=O) groups excluding carboxylic acids is 2. The summed E-state index contributed by atoms with van der Waals surface area (Å²) in [5.74, 6) is -0.224. The normalized spacial score (nSPS) is 11.5. The fraction of sp³-hybridized carbons (Fsp3) is 0.219. The number of nitrogens with one attached hydrogen (secondary N) is 1. The Hall–Kier alpha value is -5.45. The van der Waals surface area contributed by atoms with Gasteiger partial charge in [-0.05, 0) is 45.7 Å². The molecule has 1 atom stereocenters. The molecule has 5 rings (SSSR count). The van der Waals surface area contributed by atoms with E-state index in [2.05, 4.69) is 37.5 Å². The van der Waals surface area contributed by atoms with Gasteiger partial charge in [-0.15, -0.1) is 5.10 Å². The van der Waals surface area contributed by atoms with Crippen molar-refractivity contribution in [2.24, 2.45) is 0 Å². The molecular formula is C32H31N7O4. The second-order valence-electron chi connectivity index (χ2n) is 9.77. The van der Waals surface area contributed by atoms with E-state index >= 15 is 0 Å². The van der Waals surface area contributed by atoms with E-state index in [9.17, 15) is 9.59 Å². The number of carbonyl (C=O) groups is 2. The number of hydrogen-bond acceptors (Lipinski definition) is 10. The first-order valence-corrected chi connectivity index (χ1v) is 14.0. The van der Waals surface area contributed by atoms with E-state index in [1.54, 1.807) is 30.3 Å². The molecule has 0 aliphatic carbocycles. The van der Waals surface area contributed by atoms with Crippen LogP contribution < -0.4 is 4.90 Å². The standard InChI is InChI=1S/C32H31N7O4/c1-3-4-18-39(20-23-14-16-24(17-15-23)26-12-8-9-13-27(26)29-35-37-38-36-29)30-28(19-33-21-34-30)32(41)43-22(2)42-31(40)25-10-6-5-7-11-25/h5-17,19,21-22H,3-4,18,20H2,1-2H3,(H,35,36,37,38). The number of benzene rings is 3. The predicted octanol–water partition coefficient (Wildman–Crippen LogP) is 5.49. The van der Waals surface area contributed by atoms with Crippen LogP contribution in [0.5, 0.6) is 0 Å². The number of aromatic nitrogens is 6. The molecule has 2 heterocycles. The lowest BCUT2D eigenvalue weighted by atomic mass is 9.98. The Bertz CT molecular complexity index is 1640. The molecule has 0 saturated carbocycles. The number of H-pyrrole nitrogens is 1. The fourth-order valence-corrected chi connectivity index (χ4v) is 4.58. The molecule has 0 spiro atoms. The average molecular weight is 578 g/mol. The number of aromatic amines is 1. The number of unbranched alkanes of at least 4 members (excludes halogenated alkanes) is 1. The van der Waals surface area contributed by atoms with Crippen molar-refractivity contribution in [1.29, 1.82) is 0 Å². The SMILES string of the molecule is CCCCN(Cc1ccc(-c2ccccc2-c2nnn[nH]2)cc1)c1ncncc1C(=O)OC(C)OC(=O)c1ccccc1. The van der Waals surface area contributed by atoms with E-state index in [0.717, 1.165) is 35.1 Å². The molecule has 0 bridgehead atoms. The van der Waals surface area contributed by atoms with E-state index in [1.165, 1.54) is 19.4 Å². The van der Waals surface area contributed by atoms with Crippen LogP contribution in [0.3, 0.4) is 0 Å². The van der Waals surface area contributed by atoms with Crippen LogP contribution >= 0.6 is 0 Å². The van der Waals surface area contributed by atoms with Gasteiger partial charge in [0.15, 0.2) is 5.82 Å². The van der Waals surface area contributed by atoms with E-state index < -0.39 is 18.2 Å². The Morgan fingerprint density at radius 3 is 2.35 bits per heavy atom. The average Bonchev–Trinajstić information content (AvgIpc) is 3.59. The number of tetrazole rings is 1. The third-order valence-electron chi connectivity index (χ3n) is 6.71. The molecule has 11 heteroatoms. The van der Waals surface area contributed by atoms with Crippen LogP contribution in [0.2, 0.25) is 0 Å². The fourth-order valence-electron chi connectivity index (χ4n) is 4.58. The summed E-state index contributed by atoms with van der Waals surface area (Å²) in [6.45, 7) is 4.77. The summed E-state index contributed by atoms with van der Waals surface area (Å²) in [6.07, 6.45) is 3.57. The molecule has 0 fully saturated rings. The van der Waals surface area contributed by atoms with Crippen molar-refractivity contribution in [2.45, 2.75) is 39.5 Å². The number of hydrogen-bond donors (Lipinski definition) is 1. The minimum atomic E-state index is -1.11. The highest BCUT2D eigenvalue weighted by molar-refractivity contribution is 5.95. The predicted molar refractivity (Wildman–Crippen MR) is 160 cm³/mol. The topological polar surface area (TPSA) is 136 Å². The molecule has 0 aliphatic heterocycles. The quantitative estimate of drug-likeness (QED) is 0.150. The van der Waals surface area contributed by atoms with E-state index in [-0.39, 0.29) is 5.56 Å². The molecule has 0 radical (unpaired) electrons. The van der Waals surface area contributed by atoms with E-state index in [4.69, 9.17) is 9.47 Å². The molecule has 5 aromatic rings. The maximum atomic E-state index is 13.2. The van der Waals surface area contributed by atoms with Crippen molar-refractivity contribution >= 4 is 17.8 Å². The van der Waals surface area contributed by atoms with Gasteiger partial charge in [0.25, 0.3) is 0 Å². The molecule has 0 saturated heterocycles. The summed E-state index contributed by atoms with van der Waals surface area (Å²) < 4.78 is 10.8. The molecule has 218 valence electrons. The Balaban J connectivity index is 1.33. The highest BCUT2D eigenvalue weighted by atomic mass is 16.7. The first kappa shape index (κ1) is 29.1. The number of ether oxygens (including phenoxy) is 2. The molecule has 2 aromatic heterocycles. The second-order valence-corrected chi connectivity index (χ2v) is 9.77. The van der Waals surface area contributed by atoms with Crippen molar-refractivity contribution in [3.63, 3.8) is 0 Å². The zero-order valence-electron chi connectivity index (χ0n) is 23.9. The number of anilines is 1. The maximum absolute atomic E-state index is 13.2. The third-order valence-corrected chi connectivity index (χ3v) is 6.71. The molecule has 1 N–H and O–H groups in total. The van der Waals surface area contributed by atoms with Gasteiger partial charge in [-0.1, -0.05) is 80.1 Å². The van der Waals surface area contributed by atoms with E-state index in [1.807, 2.05) is 53.4 Å². The summed E-state index contributed by atoms with van der Waals surface area (Å²) in [5, 5.41) is 14.3. The zero-order valence-corrected chi connectivity index (χ0v) is 23.9. The summed E-state index contributed by atoms with van der Waals surface area (Å²) in [5.41, 5.74) is 4.50. The van der Waals surface area contributed by atoms with Gasteiger partial charge in [-0.25, -0.2) is 24.7 Å². The first-order chi connectivity index (χ1) is 21.0. The Labute approximate surface area is 248 Å². The number of esters is 2. The molecule has 0 aliphatic rings. The van der Waals surface area contributed by atoms with Gasteiger partial charge in [0.1, 0.15) is 17.7 Å². The van der Waals surface area contributed by atoms with Gasteiger partial charge in [0.2, 0.25) is 6.29 Å². The highest BCUT2D eigenvalue weighted by Gasteiger charge is 2.23. The summed E-state index contributed by atoms with van der Waals surface area (Å²) >= 11 is 0. The van der Waals surface area contributed by atoms with Crippen LogP contribution in [0.15, 0.2) is 91.4 Å². The van der Waals surface area contributed by atoms with Crippen LogP contribution in [0, 0.1) is 0 Å². The Kier molecular flexibility index (Phi) is 9.42. The summed E-state index contributed by atoms with van der Waals surface area (Å²) in [6, 6.07) is 24.6. The maximum Gasteiger partial charge on any atom is 0.346 e. The number of nitrogens with zero attached hydrogens (tertiary/aromatic N) is 6. The van der Waals surface area contributed by atoms with Gasteiger partial charge < -0.3 is 14.4 Å². The van der Waals surface area contributed by atoms with Crippen molar-refractivity contribution in [3.05, 3.63) is 108 Å². The van der Waals surface area contributed by atoms with Crippen LogP contribution in [0.1, 0.15) is 53.0 Å². The van der Waals surface area contributed by atoms with Gasteiger partial charge in [0.05, 0.1) is 5.56 Å². The smallest absolute Gasteiger partial charge is 0.346 e. The van der Waals surface area contributed by atoms with Gasteiger partial charge >= 0.3 is 11.9 Å². The zero-order chi connectivity index (χ0) is 30.0. The Morgan fingerprint density at radius 2 is 1.63 bits per heavy atom. The number of rotatable bonds is 12. The van der Waals surface area contributed by atoms with E-state index in [0.29, 0.717) is 30.3 Å². The first-order valence-electron chi connectivity index (χ1n) is 14.0. The molecular weight excluding hydrogens is 546 g/mol. The van der Waals surface area contributed by atoms with Crippen LogP contribution in [0.25, 0.3) is 22.5 Å². The lowest BCUT2D eigenvalue weighted by molar-refractivity contribution is -0.0691. The van der Waals surface area contributed by atoms with Crippen LogP contribution in [-0.2, 0) is 16.0 Å². The largest absolute Gasteiger partial charge is 0.422 e. The Morgan fingerprint density at radius 1 is 0.907 bits per heavy atom. The lowest BCUT2D eigenvalue weighted by Crippen LogP contribution is -2.28. The summed E-state index contributed by atoms with van der Waals surface area (Å²) in [4.78, 5) is 36.2. The van der Waals surface area contributed by atoms with Crippen LogP contribution in [-0.4, -0.2) is 55.4 Å². The van der Waals surface area contributed by atoms with Gasteiger partial charge in [0, 0.05) is 31.8 Å². The summed E-state index contributed by atoms with van der Waals surface area (Å²) in [7, 11) is 0. The highest BCUT2D eigenvalue weighted by Crippen LogP contribution is 2.30. The van der Waals surface area contributed by atoms with Gasteiger partial charge in [-0.3, -0.25) is 0 Å². The molecule has 1 unspecified atom stereocenters. The van der Waals surface area contributed by atoms with Crippen molar-refractivity contribution < 1.29 is 19.1 Å².